The normalized spacial score (nSPS) is 11.1. The molecule has 2 heterocycles. The Morgan fingerprint density at radius 2 is 1.66 bits per heavy atom. The number of carbonyl (C=O) groups is 1. The summed E-state index contributed by atoms with van der Waals surface area (Å²) < 4.78 is 6.31. The Labute approximate surface area is 219 Å². The van der Waals surface area contributed by atoms with Crippen LogP contribution in [0.15, 0.2) is 114 Å². The highest BCUT2D eigenvalue weighted by molar-refractivity contribution is 6.10. The fourth-order valence-electron chi connectivity index (χ4n) is 4.61. The molecule has 3 N–H and O–H groups in total. The molecule has 6 rings (SSSR count). The van der Waals surface area contributed by atoms with E-state index in [9.17, 15) is 4.79 Å². The third-order valence-electron chi connectivity index (χ3n) is 6.45. The molecule has 0 aliphatic rings. The molecule has 0 atom stereocenters. The third-order valence-corrected chi connectivity index (χ3v) is 6.45. The maximum atomic E-state index is 12.8. The van der Waals surface area contributed by atoms with Crippen molar-refractivity contribution in [3.63, 3.8) is 0 Å². The van der Waals surface area contributed by atoms with Gasteiger partial charge in [-0.1, -0.05) is 42.5 Å². The van der Waals surface area contributed by atoms with Crippen molar-refractivity contribution in [3.05, 3.63) is 121 Å². The number of amides is 1. The van der Waals surface area contributed by atoms with E-state index in [1.165, 1.54) is 6.33 Å². The molecule has 7 nitrogen and oxygen atoms in total. The average Bonchev–Trinajstić information content (AvgIpc) is 3.35. The molecule has 0 unspecified atom stereocenters. The summed E-state index contributed by atoms with van der Waals surface area (Å²) in [5.41, 5.74) is 11.3. The maximum Gasteiger partial charge on any atom is 0.255 e. The van der Waals surface area contributed by atoms with Gasteiger partial charge in [0.2, 0.25) is 0 Å². The highest BCUT2D eigenvalue weighted by Crippen LogP contribution is 2.41. The van der Waals surface area contributed by atoms with Gasteiger partial charge in [-0.3, -0.25) is 9.69 Å². The van der Waals surface area contributed by atoms with Gasteiger partial charge in [0, 0.05) is 33.9 Å². The molecule has 0 saturated carbocycles. The van der Waals surface area contributed by atoms with Crippen molar-refractivity contribution in [2.24, 2.45) is 5.73 Å². The van der Waals surface area contributed by atoms with E-state index in [0.717, 1.165) is 45.3 Å². The van der Waals surface area contributed by atoms with Crippen LogP contribution in [0.25, 0.3) is 21.9 Å². The van der Waals surface area contributed by atoms with Crippen molar-refractivity contribution >= 4 is 50.7 Å². The van der Waals surface area contributed by atoms with E-state index >= 15 is 0 Å². The first-order chi connectivity index (χ1) is 18.7. The van der Waals surface area contributed by atoms with E-state index in [4.69, 9.17) is 10.2 Å². The van der Waals surface area contributed by atoms with Crippen molar-refractivity contribution in [1.29, 1.82) is 0 Å². The number of nitrogens with two attached hydrogens (primary N) is 1. The molecular weight excluding hydrogens is 474 g/mol. The van der Waals surface area contributed by atoms with E-state index in [1.54, 1.807) is 6.20 Å². The monoisotopic (exact) mass is 499 g/mol. The molecule has 4 aromatic carbocycles. The van der Waals surface area contributed by atoms with E-state index in [0.29, 0.717) is 23.6 Å². The van der Waals surface area contributed by atoms with Crippen molar-refractivity contribution in [2.75, 3.05) is 16.8 Å². The van der Waals surface area contributed by atoms with E-state index in [1.807, 2.05) is 89.8 Å². The fraction of sp³-hybridized carbons (Fsp3) is 0.0645. The minimum absolute atomic E-state index is 0.170. The smallest absolute Gasteiger partial charge is 0.255 e. The zero-order valence-electron chi connectivity index (χ0n) is 20.5. The van der Waals surface area contributed by atoms with E-state index in [-0.39, 0.29) is 5.91 Å². The topological polar surface area (TPSA) is 97.3 Å². The number of nitrogens with one attached hydrogen (secondary N) is 1. The molecule has 38 heavy (non-hydrogen) atoms. The Morgan fingerprint density at radius 3 is 2.42 bits per heavy atom. The SMILES string of the molecule is NCCc1ccc(C(=O)Nc2ccc(N(c3ccncn3)c3cccc4c3oc3ccccc34)cc2)cc1. The number of benzene rings is 4. The van der Waals surface area contributed by atoms with Crippen LogP contribution in [0.1, 0.15) is 15.9 Å². The van der Waals surface area contributed by atoms with E-state index < -0.39 is 0 Å². The average molecular weight is 500 g/mol. The Morgan fingerprint density at radius 1 is 0.868 bits per heavy atom. The third kappa shape index (κ3) is 4.47. The van der Waals surface area contributed by atoms with Crippen LogP contribution in [-0.2, 0) is 6.42 Å². The molecule has 0 fully saturated rings. The number of rotatable bonds is 7. The summed E-state index contributed by atoms with van der Waals surface area (Å²) >= 11 is 0. The van der Waals surface area contributed by atoms with Crippen molar-refractivity contribution in [2.45, 2.75) is 6.42 Å². The van der Waals surface area contributed by atoms with Crippen LogP contribution >= 0.6 is 0 Å². The van der Waals surface area contributed by atoms with Crippen LogP contribution in [0.4, 0.5) is 22.9 Å². The Hall–Kier alpha value is -5.01. The minimum atomic E-state index is -0.170. The Bertz CT molecular complexity index is 1710. The van der Waals surface area contributed by atoms with Crippen molar-refractivity contribution in [3.8, 4) is 0 Å². The largest absolute Gasteiger partial charge is 0.454 e. The lowest BCUT2D eigenvalue weighted by atomic mass is 10.1. The minimum Gasteiger partial charge on any atom is -0.454 e. The highest BCUT2D eigenvalue weighted by Gasteiger charge is 2.20. The summed E-state index contributed by atoms with van der Waals surface area (Å²) in [7, 11) is 0. The predicted octanol–water partition coefficient (Wildman–Crippen LogP) is 6.60. The summed E-state index contributed by atoms with van der Waals surface area (Å²) in [6.07, 6.45) is 4.02. The van der Waals surface area contributed by atoms with Crippen LogP contribution in [0.2, 0.25) is 0 Å². The Balaban J connectivity index is 1.34. The van der Waals surface area contributed by atoms with Gasteiger partial charge in [0.1, 0.15) is 17.7 Å². The first kappa shape index (κ1) is 23.4. The first-order valence-electron chi connectivity index (χ1n) is 12.4. The van der Waals surface area contributed by atoms with Crippen LogP contribution in [0, 0.1) is 0 Å². The summed E-state index contributed by atoms with van der Waals surface area (Å²) in [5.74, 6) is 0.527. The van der Waals surface area contributed by atoms with Gasteiger partial charge < -0.3 is 15.5 Å². The van der Waals surface area contributed by atoms with Crippen molar-refractivity contribution in [1.82, 2.24) is 9.97 Å². The molecule has 0 aliphatic carbocycles. The first-order valence-corrected chi connectivity index (χ1v) is 12.4. The lowest BCUT2D eigenvalue weighted by Crippen LogP contribution is -2.13. The van der Waals surface area contributed by atoms with Gasteiger partial charge >= 0.3 is 0 Å². The van der Waals surface area contributed by atoms with Crippen LogP contribution in [0.3, 0.4) is 0 Å². The lowest BCUT2D eigenvalue weighted by molar-refractivity contribution is 0.102. The van der Waals surface area contributed by atoms with Gasteiger partial charge in [-0.2, -0.15) is 0 Å². The second-order valence-corrected chi connectivity index (χ2v) is 8.89. The molecule has 0 saturated heterocycles. The number of hydrogen-bond acceptors (Lipinski definition) is 6. The molecule has 0 radical (unpaired) electrons. The van der Waals surface area contributed by atoms with Crippen LogP contribution < -0.4 is 16.0 Å². The molecule has 0 bridgehead atoms. The molecule has 0 aliphatic heterocycles. The molecule has 7 heteroatoms. The summed E-state index contributed by atoms with van der Waals surface area (Å²) in [6, 6.07) is 31.1. The second-order valence-electron chi connectivity index (χ2n) is 8.89. The number of nitrogens with zero attached hydrogens (tertiary/aromatic N) is 3. The van der Waals surface area contributed by atoms with Gasteiger partial charge in [-0.05, 0) is 73.1 Å². The second kappa shape index (κ2) is 10.2. The number of carbonyl (C=O) groups excluding carboxylic acids is 1. The summed E-state index contributed by atoms with van der Waals surface area (Å²) in [5, 5.41) is 5.06. The fourth-order valence-corrected chi connectivity index (χ4v) is 4.61. The summed E-state index contributed by atoms with van der Waals surface area (Å²) in [4.78, 5) is 23.4. The Kier molecular flexibility index (Phi) is 6.25. The molecule has 1 amide bonds. The number of furan rings is 1. The number of fused-ring (bicyclic) bond motifs is 3. The maximum absolute atomic E-state index is 12.8. The number of aromatic nitrogens is 2. The highest BCUT2D eigenvalue weighted by atomic mass is 16.3. The zero-order chi connectivity index (χ0) is 25.9. The lowest BCUT2D eigenvalue weighted by Gasteiger charge is -2.24. The molecule has 6 aromatic rings. The van der Waals surface area contributed by atoms with Gasteiger partial charge in [0.15, 0.2) is 5.58 Å². The molecule has 186 valence electrons. The molecule has 0 spiro atoms. The van der Waals surface area contributed by atoms with Gasteiger partial charge in [-0.25, -0.2) is 9.97 Å². The van der Waals surface area contributed by atoms with Crippen LogP contribution in [-0.4, -0.2) is 22.4 Å². The standard InChI is InChI=1S/C31H25N5O2/c32-18-16-21-8-10-22(11-9-21)31(37)35-23-12-14-24(15-13-23)36(29-17-19-33-20-34-29)27-6-3-5-26-25-4-1-2-7-28(25)38-30(26)27/h1-15,17,19-20H,16,18,32H2,(H,35,37). The number of hydrogen-bond donors (Lipinski definition) is 2. The quantitative estimate of drug-likeness (QED) is 0.257. The zero-order valence-corrected chi connectivity index (χ0v) is 20.5. The van der Waals surface area contributed by atoms with E-state index in [2.05, 4.69) is 27.4 Å². The molecule has 2 aromatic heterocycles. The van der Waals surface area contributed by atoms with Gasteiger partial charge in [0.05, 0.1) is 5.69 Å². The number of anilines is 4. The van der Waals surface area contributed by atoms with Crippen molar-refractivity contribution < 1.29 is 9.21 Å². The van der Waals surface area contributed by atoms with Gasteiger partial charge in [0.25, 0.3) is 5.91 Å². The predicted molar refractivity (Wildman–Crippen MR) is 151 cm³/mol. The van der Waals surface area contributed by atoms with Crippen LogP contribution in [0.5, 0.6) is 0 Å². The summed E-state index contributed by atoms with van der Waals surface area (Å²) in [6.45, 7) is 0.578. The number of para-hydroxylation sites is 2. The molecular formula is C31H25N5O2. The van der Waals surface area contributed by atoms with Gasteiger partial charge in [-0.15, -0.1) is 0 Å².